The van der Waals surface area contributed by atoms with Crippen molar-refractivity contribution in [3.05, 3.63) is 0 Å². The molecule has 0 radical (unpaired) electrons. The number of aliphatic hydroxyl groups excluding tert-OH is 2. The van der Waals surface area contributed by atoms with Crippen LogP contribution in [0.1, 0.15) is 136 Å². The standard InChI is InChI=1S/C31H55NO6S/c1-4-5-6-7-8-9-10-11-12-13-14-15-16-24(33)25-17-18-26(38-25)28(34)29(35)32-27-21-23-19-20-31(27,30(23,2)3)22-39(32,36)37/h23-28,33-34H,4-22H2,1-3H3/t23-,24-,25-,26+,27-,28-,31-/m1/s1. The van der Waals surface area contributed by atoms with E-state index in [-0.39, 0.29) is 17.2 Å². The second kappa shape index (κ2) is 13.1. The van der Waals surface area contributed by atoms with Gasteiger partial charge in [0.25, 0.3) is 5.91 Å². The number of ether oxygens (including phenoxy) is 1. The molecule has 2 saturated heterocycles. The number of sulfonamides is 1. The van der Waals surface area contributed by atoms with Crippen molar-refractivity contribution in [1.29, 1.82) is 0 Å². The van der Waals surface area contributed by atoms with Crippen molar-refractivity contribution in [2.45, 2.75) is 167 Å². The molecule has 4 aliphatic rings. The van der Waals surface area contributed by atoms with E-state index in [1.54, 1.807) is 0 Å². The van der Waals surface area contributed by atoms with Crippen LogP contribution in [-0.4, -0.2) is 65.1 Å². The Morgan fingerprint density at radius 3 is 2.05 bits per heavy atom. The predicted molar refractivity (Wildman–Crippen MR) is 154 cm³/mol. The van der Waals surface area contributed by atoms with Gasteiger partial charge in [0.05, 0.1) is 30.1 Å². The van der Waals surface area contributed by atoms with Gasteiger partial charge in [-0.3, -0.25) is 4.79 Å². The summed E-state index contributed by atoms with van der Waals surface area (Å²) in [7, 11) is -3.78. The number of unbranched alkanes of at least 4 members (excludes halogenated alkanes) is 11. The highest BCUT2D eigenvalue weighted by Gasteiger charge is 2.72. The molecule has 226 valence electrons. The van der Waals surface area contributed by atoms with Crippen molar-refractivity contribution in [2.24, 2.45) is 16.7 Å². The van der Waals surface area contributed by atoms with Crippen molar-refractivity contribution < 1.29 is 28.2 Å². The maximum atomic E-state index is 13.4. The quantitative estimate of drug-likeness (QED) is 0.231. The van der Waals surface area contributed by atoms with E-state index in [0.717, 1.165) is 30.0 Å². The summed E-state index contributed by atoms with van der Waals surface area (Å²) >= 11 is 0. The highest BCUT2D eigenvalue weighted by molar-refractivity contribution is 7.90. The van der Waals surface area contributed by atoms with Gasteiger partial charge in [0.2, 0.25) is 10.0 Å². The van der Waals surface area contributed by atoms with Gasteiger partial charge in [-0.1, -0.05) is 97.8 Å². The third kappa shape index (κ3) is 6.39. The molecule has 7 atom stereocenters. The zero-order valence-electron chi connectivity index (χ0n) is 24.8. The second-order valence-electron chi connectivity index (χ2n) is 13.7. The normalized spacial score (nSPS) is 33.9. The molecule has 2 aliphatic carbocycles. The highest BCUT2D eigenvalue weighted by Crippen LogP contribution is 2.70. The fourth-order valence-corrected chi connectivity index (χ4v) is 11.0. The summed E-state index contributed by atoms with van der Waals surface area (Å²) in [5, 5.41) is 21.7. The van der Waals surface area contributed by atoms with Gasteiger partial charge >= 0.3 is 0 Å². The highest BCUT2D eigenvalue weighted by atomic mass is 32.2. The maximum Gasteiger partial charge on any atom is 0.267 e. The molecule has 4 rings (SSSR count). The Morgan fingerprint density at radius 1 is 0.897 bits per heavy atom. The number of hydrogen-bond acceptors (Lipinski definition) is 6. The van der Waals surface area contributed by atoms with E-state index in [2.05, 4.69) is 20.8 Å². The van der Waals surface area contributed by atoms with Gasteiger partial charge in [-0.05, 0) is 49.9 Å². The lowest BCUT2D eigenvalue weighted by atomic mass is 9.69. The molecule has 2 N–H and O–H groups in total. The lowest BCUT2D eigenvalue weighted by Crippen LogP contribution is -2.50. The lowest BCUT2D eigenvalue weighted by molar-refractivity contribution is -0.148. The Morgan fingerprint density at radius 2 is 1.46 bits per heavy atom. The van der Waals surface area contributed by atoms with Gasteiger partial charge in [0.1, 0.15) is 0 Å². The van der Waals surface area contributed by atoms with Crippen molar-refractivity contribution >= 4 is 15.9 Å². The Hall–Kier alpha value is -0.700. The predicted octanol–water partition coefficient (Wildman–Crippen LogP) is 5.71. The minimum Gasteiger partial charge on any atom is -0.390 e. The van der Waals surface area contributed by atoms with Crippen LogP contribution < -0.4 is 0 Å². The van der Waals surface area contributed by atoms with Crippen LogP contribution in [0.15, 0.2) is 0 Å². The molecular formula is C31H55NO6S. The van der Waals surface area contributed by atoms with E-state index in [1.165, 1.54) is 64.2 Å². The number of aliphatic hydroxyl groups is 2. The first-order valence-electron chi connectivity index (χ1n) is 16.1. The molecule has 0 unspecified atom stereocenters. The SMILES string of the molecule is CCCCCCCCCCCCCC[C@@H](O)[C@H]1CC[C@@H]([C@@H](O)C(=O)N2[C@@H]3C[C@H]4CC[C@]3(CS2(=O)=O)C4(C)C)O1. The minimum absolute atomic E-state index is 0.00145. The van der Waals surface area contributed by atoms with Crippen molar-refractivity contribution in [2.75, 3.05) is 5.75 Å². The molecule has 2 bridgehead atoms. The molecule has 39 heavy (non-hydrogen) atoms. The largest absolute Gasteiger partial charge is 0.390 e. The van der Waals surface area contributed by atoms with Crippen molar-refractivity contribution in [1.82, 2.24) is 4.31 Å². The van der Waals surface area contributed by atoms with Crippen LogP contribution in [0.3, 0.4) is 0 Å². The van der Waals surface area contributed by atoms with Crippen LogP contribution in [0.5, 0.6) is 0 Å². The molecule has 8 heteroatoms. The number of hydrogen-bond donors (Lipinski definition) is 2. The van der Waals surface area contributed by atoms with E-state index >= 15 is 0 Å². The molecule has 0 aromatic rings. The molecule has 2 saturated carbocycles. The van der Waals surface area contributed by atoms with E-state index in [1.807, 2.05) is 0 Å². The van der Waals surface area contributed by atoms with Crippen molar-refractivity contribution in [3.8, 4) is 0 Å². The molecular weight excluding hydrogens is 514 g/mol. The topological polar surface area (TPSA) is 104 Å². The Labute approximate surface area is 237 Å². The van der Waals surface area contributed by atoms with E-state index in [4.69, 9.17) is 4.74 Å². The first-order valence-corrected chi connectivity index (χ1v) is 17.7. The first-order chi connectivity index (χ1) is 18.5. The number of fused-ring (bicyclic) bond motifs is 1. The Bertz CT molecular complexity index is 922. The molecule has 0 aromatic carbocycles. The van der Waals surface area contributed by atoms with Crippen LogP contribution in [0.25, 0.3) is 0 Å². The van der Waals surface area contributed by atoms with Crippen LogP contribution >= 0.6 is 0 Å². The van der Waals surface area contributed by atoms with Crippen LogP contribution in [0.2, 0.25) is 0 Å². The zero-order chi connectivity index (χ0) is 28.3. The summed E-state index contributed by atoms with van der Waals surface area (Å²) < 4.78 is 33.4. The van der Waals surface area contributed by atoms with Gasteiger partial charge in [0, 0.05) is 5.41 Å². The van der Waals surface area contributed by atoms with Crippen LogP contribution in [0.4, 0.5) is 0 Å². The lowest BCUT2D eigenvalue weighted by Gasteiger charge is -2.37. The molecule has 1 spiro atoms. The van der Waals surface area contributed by atoms with Gasteiger partial charge in [-0.25, -0.2) is 12.7 Å². The average molecular weight is 570 g/mol. The van der Waals surface area contributed by atoms with Crippen LogP contribution in [-0.2, 0) is 19.6 Å². The molecule has 2 aliphatic heterocycles. The summed E-state index contributed by atoms with van der Waals surface area (Å²) in [6.45, 7) is 6.54. The number of carbonyl (C=O) groups excluding carboxylic acids is 1. The molecule has 1 amide bonds. The summed E-state index contributed by atoms with van der Waals surface area (Å²) in [6.07, 6.45) is 16.1. The zero-order valence-corrected chi connectivity index (χ0v) is 25.6. The molecule has 4 fully saturated rings. The summed E-state index contributed by atoms with van der Waals surface area (Å²) in [5.74, 6) is -0.326. The molecule has 2 heterocycles. The average Bonchev–Trinajstić information content (AvgIpc) is 3.59. The third-order valence-corrected chi connectivity index (χ3v) is 13.0. The van der Waals surface area contributed by atoms with Crippen molar-refractivity contribution in [3.63, 3.8) is 0 Å². The van der Waals surface area contributed by atoms with E-state index in [9.17, 15) is 23.4 Å². The van der Waals surface area contributed by atoms with Gasteiger partial charge < -0.3 is 14.9 Å². The third-order valence-electron chi connectivity index (χ3n) is 11.1. The summed E-state index contributed by atoms with van der Waals surface area (Å²) in [4.78, 5) is 13.4. The Balaban J connectivity index is 1.15. The second-order valence-corrected chi connectivity index (χ2v) is 15.6. The minimum atomic E-state index is -3.78. The summed E-state index contributed by atoms with van der Waals surface area (Å²) in [6, 6.07) is -0.355. The van der Waals surface area contributed by atoms with Gasteiger partial charge in [0.15, 0.2) is 6.10 Å². The Kier molecular flexibility index (Phi) is 10.5. The number of amides is 1. The summed E-state index contributed by atoms with van der Waals surface area (Å²) in [5.41, 5.74) is -0.535. The number of nitrogens with zero attached hydrogens (tertiary/aromatic N) is 1. The molecule has 0 aromatic heterocycles. The fraction of sp³-hybridized carbons (Fsp3) is 0.968. The molecule has 7 nitrogen and oxygen atoms in total. The fourth-order valence-electron chi connectivity index (χ4n) is 8.45. The van der Waals surface area contributed by atoms with Crippen LogP contribution in [0, 0.1) is 16.7 Å². The number of rotatable bonds is 16. The monoisotopic (exact) mass is 569 g/mol. The maximum absolute atomic E-state index is 13.4. The number of carbonyl (C=O) groups is 1. The first kappa shape index (κ1) is 31.2. The van der Waals surface area contributed by atoms with E-state index < -0.39 is 45.8 Å². The smallest absolute Gasteiger partial charge is 0.267 e. The van der Waals surface area contributed by atoms with Gasteiger partial charge in [-0.15, -0.1) is 0 Å². The van der Waals surface area contributed by atoms with E-state index in [0.29, 0.717) is 31.6 Å². The van der Waals surface area contributed by atoms with Gasteiger partial charge in [-0.2, -0.15) is 0 Å².